The van der Waals surface area contributed by atoms with Crippen molar-refractivity contribution in [3.05, 3.63) is 76.5 Å². The molecule has 5 rings (SSSR count). The summed E-state index contributed by atoms with van der Waals surface area (Å²) in [6.07, 6.45) is 5.35. The van der Waals surface area contributed by atoms with Crippen LogP contribution in [0, 0.1) is 13.8 Å². The Morgan fingerprint density at radius 2 is 1.70 bits per heavy atom. The highest BCUT2D eigenvalue weighted by Crippen LogP contribution is 2.22. The SMILES string of the molecule is Cc1cc(C)cc(-n2ncc3c(=O)n(CC(=O)Nc4ccc(N5CCCC5)cc4)cnc32)c1. The Labute approximate surface area is 191 Å². The number of fused-ring (bicyclic) bond motifs is 1. The molecule has 4 aromatic rings. The Balaban J connectivity index is 1.33. The summed E-state index contributed by atoms with van der Waals surface area (Å²) in [4.78, 5) is 32.3. The van der Waals surface area contributed by atoms with Gasteiger partial charge in [0.2, 0.25) is 5.91 Å². The molecule has 0 atom stereocenters. The summed E-state index contributed by atoms with van der Waals surface area (Å²) < 4.78 is 2.97. The predicted octanol–water partition coefficient (Wildman–Crippen LogP) is 3.44. The van der Waals surface area contributed by atoms with Crippen molar-refractivity contribution >= 4 is 28.3 Å². The Kier molecular flexibility index (Phi) is 5.42. The molecular formula is C25H26N6O2. The highest BCUT2D eigenvalue weighted by atomic mass is 16.2. The van der Waals surface area contributed by atoms with E-state index in [9.17, 15) is 9.59 Å². The second-order valence-corrected chi connectivity index (χ2v) is 8.61. The molecule has 0 spiro atoms. The molecule has 8 nitrogen and oxygen atoms in total. The molecule has 33 heavy (non-hydrogen) atoms. The second kappa shape index (κ2) is 8.54. The lowest BCUT2D eigenvalue weighted by atomic mass is 10.1. The molecule has 1 fully saturated rings. The van der Waals surface area contributed by atoms with Crippen LogP contribution in [0.4, 0.5) is 11.4 Å². The monoisotopic (exact) mass is 442 g/mol. The first-order chi connectivity index (χ1) is 16.0. The minimum atomic E-state index is -0.296. The molecule has 8 heteroatoms. The summed E-state index contributed by atoms with van der Waals surface area (Å²) in [6.45, 7) is 6.06. The third kappa shape index (κ3) is 4.24. The van der Waals surface area contributed by atoms with Gasteiger partial charge in [0, 0.05) is 24.5 Å². The van der Waals surface area contributed by atoms with Crippen LogP contribution in [-0.2, 0) is 11.3 Å². The lowest BCUT2D eigenvalue weighted by Crippen LogP contribution is -2.27. The average molecular weight is 443 g/mol. The van der Waals surface area contributed by atoms with Crippen LogP contribution in [-0.4, -0.2) is 38.3 Å². The predicted molar refractivity (Wildman–Crippen MR) is 129 cm³/mol. The maximum absolute atomic E-state index is 13.0. The molecule has 2 aromatic carbocycles. The van der Waals surface area contributed by atoms with E-state index in [-0.39, 0.29) is 18.0 Å². The maximum atomic E-state index is 13.0. The van der Waals surface area contributed by atoms with Crippen LogP contribution in [0.2, 0.25) is 0 Å². The molecule has 1 saturated heterocycles. The molecule has 0 bridgehead atoms. The standard InChI is InChI=1S/C25H26N6O2/c1-17-11-18(2)13-21(12-17)31-24-22(14-27-31)25(33)30(16-26-24)15-23(32)28-19-5-7-20(8-6-19)29-9-3-4-10-29/h5-8,11-14,16H,3-4,9-10,15H2,1-2H3,(H,28,32). The number of rotatable bonds is 5. The smallest absolute Gasteiger partial charge is 0.264 e. The number of nitrogens with one attached hydrogen (secondary N) is 1. The summed E-state index contributed by atoms with van der Waals surface area (Å²) in [5.74, 6) is -0.283. The second-order valence-electron chi connectivity index (χ2n) is 8.61. The summed E-state index contributed by atoms with van der Waals surface area (Å²) in [5.41, 5.74) is 5.10. The highest BCUT2D eigenvalue weighted by molar-refractivity contribution is 5.91. The lowest BCUT2D eigenvalue weighted by molar-refractivity contribution is -0.116. The molecule has 0 radical (unpaired) electrons. The van der Waals surface area contributed by atoms with E-state index >= 15 is 0 Å². The molecule has 1 aliphatic heterocycles. The number of carbonyl (C=O) groups is 1. The van der Waals surface area contributed by atoms with Gasteiger partial charge in [-0.05, 0) is 74.2 Å². The minimum Gasteiger partial charge on any atom is -0.372 e. The molecular weight excluding hydrogens is 416 g/mol. The summed E-state index contributed by atoms with van der Waals surface area (Å²) >= 11 is 0. The van der Waals surface area contributed by atoms with Gasteiger partial charge in [-0.15, -0.1) is 0 Å². The number of hydrogen-bond acceptors (Lipinski definition) is 5. The largest absolute Gasteiger partial charge is 0.372 e. The highest BCUT2D eigenvalue weighted by Gasteiger charge is 2.15. The first kappa shape index (κ1) is 20.9. The van der Waals surface area contributed by atoms with Crippen molar-refractivity contribution < 1.29 is 4.79 Å². The van der Waals surface area contributed by atoms with Gasteiger partial charge in [0.05, 0.1) is 11.9 Å². The molecule has 168 valence electrons. The Hall–Kier alpha value is -3.94. The first-order valence-electron chi connectivity index (χ1n) is 11.1. The fourth-order valence-electron chi connectivity index (χ4n) is 4.41. The van der Waals surface area contributed by atoms with Crippen molar-refractivity contribution in [2.24, 2.45) is 0 Å². The lowest BCUT2D eigenvalue weighted by Gasteiger charge is -2.17. The molecule has 1 amide bonds. The van der Waals surface area contributed by atoms with Crippen LogP contribution in [0.15, 0.2) is 59.8 Å². The normalized spacial score (nSPS) is 13.6. The Morgan fingerprint density at radius 1 is 1.00 bits per heavy atom. The van der Waals surface area contributed by atoms with Crippen molar-refractivity contribution in [1.82, 2.24) is 19.3 Å². The van der Waals surface area contributed by atoms with Crippen LogP contribution in [0.1, 0.15) is 24.0 Å². The number of anilines is 2. The molecule has 1 N–H and O–H groups in total. The van der Waals surface area contributed by atoms with E-state index in [2.05, 4.69) is 26.4 Å². The van der Waals surface area contributed by atoms with Crippen molar-refractivity contribution in [3.8, 4) is 5.69 Å². The van der Waals surface area contributed by atoms with Gasteiger partial charge in [0.1, 0.15) is 18.3 Å². The van der Waals surface area contributed by atoms with Gasteiger partial charge >= 0.3 is 0 Å². The Morgan fingerprint density at radius 3 is 2.39 bits per heavy atom. The molecule has 0 saturated carbocycles. The van der Waals surface area contributed by atoms with E-state index in [1.807, 2.05) is 50.2 Å². The third-order valence-corrected chi connectivity index (χ3v) is 5.94. The van der Waals surface area contributed by atoms with E-state index in [1.165, 1.54) is 29.9 Å². The summed E-state index contributed by atoms with van der Waals surface area (Å²) in [5, 5.41) is 7.61. The number of nitrogens with zero attached hydrogens (tertiary/aromatic N) is 5. The van der Waals surface area contributed by atoms with Gasteiger partial charge in [-0.3, -0.25) is 14.2 Å². The fraction of sp³-hybridized carbons (Fsp3) is 0.280. The van der Waals surface area contributed by atoms with Crippen LogP contribution in [0.3, 0.4) is 0 Å². The molecule has 0 aliphatic carbocycles. The van der Waals surface area contributed by atoms with E-state index in [4.69, 9.17) is 0 Å². The zero-order valence-electron chi connectivity index (χ0n) is 18.8. The molecule has 3 heterocycles. The fourth-order valence-corrected chi connectivity index (χ4v) is 4.41. The third-order valence-electron chi connectivity index (χ3n) is 5.94. The van der Waals surface area contributed by atoms with Crippen molar-refractivity contribution in [2.75, 3.05) is 23.3 Å². The number of aryl methyl sites for hydroxylation is 2. The quantitative estimate of drug-likeness (QED) is 0.512. The zero-order chi connectivity index (χ0) is 22.9. The zero-order valence-corrected chi connectivity index (χ0v) is 18.8. The molecule has 0 unspecified atom stereocenters. The number of hydrogen-bond donors (Lipinski definition) is 1. The van der Waals surface area contributed by atoms with E-state index < -0.39 is 0 Å². The van der Waals surface area contributed by atoms with Gasteiger partial charge in [-0.2, -0.15) is 5.10 Å². The Bertz CT molecular complexity index is 1360. The van der Waals surface area contributed by atoms with E-state index in [1.54, 1.807) is 4.68 Å². The van der Waals surface area contributed by atoms with Gasteiger partial charge in [-0.25, -0.2) is 9.67 Å². The van der Waals surface area contributed by atoms with Gasteiger partial charge in [-0.1, -0.05) is 6.07 Å². The summed E-state index contributed by atoms with van der Waals surface area (Å²) in [7, 11) is 0. The molecule has 1 aliphatic rings. The van der Waals surface area contributed by atoms with Crippen molar-refractivity contribution in [1.29, 1.82) is 0 Å². The van der Waals surface area contributed by atoms with Crippen LogP contribution in [0.5, 0.6) is 0 Å². The van der Waals surface area contributed by atoms with E-state index in [0.717, 1.165) is 35.6 Å². The van der Waals surface area contributed by atoms with Crippen LogP contribution >= 0.6 is 0 Å². The van der Waals surface area contributed by atoms with Crippen LogP contribution < -0.4 is 15.8 Å². The number of aromatic nitrogens is 4. The van der Waals surface area contributed by atoms with Crippen molar-refractivity contribution in [2.45, 2.75) is 33.2 Å². The van der Waals surface area contributed by atoms with Crippen molar-refractivity contribution in [3.63, 3.8) is 0 Å². The van der Waals surface area contributed by atoms with Gasteiger partial charge < -0.3 is 10.2 Å². The number of benzene rings is 2. The summed E-state index contributed by atoms with van der Waals surface area (Å²) in [6, 6.07) is 13.9. The van der Waals surface area contributed by atoms with Gasteiger partial charge in [0.15, 0.2) is 5.65 Å². The topological polar surface area (TPSA) is 85.0 Å². The first-order valence-corrected chi connectivity index (χ1v) is 11.1. The van der Waals surface area contributed by atoms with Gasteiger partial charge in [0.25, 0.3) is 5.56 Å². The van der Waals surface area contributed by atoms with Crippen LogP contribution in [0.25, 0.3) is 16.7 Å². The van der Waals surface area contributed by atoms with E-state index in [0.29, 0.717) is 16.7 Å². The maximum Gasteiger partial charge on any atom is 0.264 e. The average Bonchev–Trinajstić information content (AvgIpc) is 3.46. The number of carbonyl (C=O) groups excluding carboxylic acids is 1. The molecule has 2 aromatic heterocycles. The minimum absolute atomic E-state index is 0.121. The number of amides is 1.